The van der Waals surface area contributed by atoms with Gasteiger partial charge in [-0.05, 0) is 49.3 Å². The van der Waals surface area contributed by atoms with E-state index in [4.69, 9.17) is 9.47 Å². The van der Waals surface area contributed by atoms with Gasteiger partial charge in [0.25, 0.3) is 5.91 Å². The molecule has 1 aromatic heterocycles. The largest absolute Gasteiger partial charge is 0.462 e. The molecule has 2 aliphatic heterocycles. The Labute approximate surface area is 214 Å². The number of rotatable bonds is 6. The molecule has 0 bridgehead atoms. The number of nitrogens with one attached hydrogen (secondary N) is 1. The minimum absolute atomic E-state index is 0.151. The van der Waals surface area contributed by atoms with Crippen LogP contribution >= 0.6 is 0 Å². The molecule has 0 unspecified atom stereocenters. The molecule has 2 aromatic rings. The zero-order chi connectivity index (χ0) is 27.7. The van der Waals surface area contributed by atoms with E-state index in [1.165, 1.54) is 0 Å². The van der Waals surface area contributed by atoms with Gasteiger partial charge in [0, 0.05) is 32.7 Å². The summed E-state index contributed by atoms with van der Waals surface area (Å²) in [5.74, 6) is -1.36. The number of halogens is 6. The van der Waals surface area contributed by atoms with E-state index in [2.05, 4.69) is 10.4 Å². The lowest BCUT2D eigenvalue weighted by atomic mass is 9.76. The van der Waals surface area contributed by atoms with Crippen LogP contribution in [0.3, 0.4) is 0 Å². The van der Waals surface area contributed by atoms with Gasteiger partial charge in [-0.1, -0.05) is 6.92 Å². The highest BCUT2D eigenvalue weighted by atomic mass is 19.4. The van der Waals surface area contributed by atoms with Crippen molar-refractivity contribution in [2.75, 3.05) is 26.4 Å². The lowest BCUT2D eigenvalue weighted by Crippen LogP contribution is -2.40. The average molecular weight is 547 g/mol. The third-order valence-corrected chi connectivity index (χ3v) is 7.03. The number of carbonyl (C=O) groups excluding carboxylic acids is 2. The Kier molecular flexibility index (Phi) is 7.78. The molecule has 3 heterocycles. The van der Waals surface area contributed by atoms with Crippen molar-refractivity contribution >= 4 is 11.9 Å². The van der Waals surface area contributed by atoms with E-state index in [-0.39, 0.29) is 43.0 Å². The fourth-order valence-electron chi connectivity index (χ4n) is 4.97. The highest BCUT2D eigenvalue weighted by Gasteiger charge is 2.43. The third kappa shape index (κ3) is 5.82. The number of nitrogens with zero attached hydrogens (tertiary/aromatic N) is 2. The highest BCUT2D eigenvalue weighted by molar-refractivity contribution is 5.97. The molecule has 1 amide bonds. The van der Waals surface area contributed by atoms with Crippen LogP contribution in [-0.2, 0) is 41.2 Å². The van der Waals surface area contributed by atoms with Gasteiger partial charge in [-0.2, -0.15) is 31.4 Å². The summed E-state index contributed by atoms with van der Waals surface area (Å²) >= 11 is 0. The summed E-state index contributed by atoms with van der Waals surface area (Å²) in [6.07, 6.45) is -7.59. The summed E-state index contributed by atoms with van der Waals surface area (Å²) in [5, 5.41) is 7.59. The SMILES string of the molecule is CCc1nn(CCCOC(=O)c2ccc(C(F)(F)F)c(C(F)(F)F)c2)c2c1C(=O)NCC1(CCOCC1)C2. The van der Waals surface area contributed by atoms with Gasteiger partial charge in [-0.15, -0.1) is 0 Å². The summed E-state index contributed by atoms with van der Waals surface area (Å²) in [4.78, 5) is 25.2. The first-order chi connectivity index (χ1) is 17.8. The van der Waals surface area contributed by atoms with Crippen LogP contribution in [0.5, 0.6) is 0 Å². The van der Waals surface area contributed by atoms with Crippen LogP contribution in [0.4, 0.5) is 26.3 Å². The number of alkyl halides is 6. The summed E-state index contributed by atoms with van der Waals surface area (Å²) in [7, 11) is 0. The molecule has 0 radical (unpaired) electrons. The molecule has 1 aromatic carbocycles. The molecule has 7 nitrogen and oxygen atoms in total. The van der Waals surface area contributed by atoms with Crippen LogP contribution in [0.25, 0.3) is 0 Å². The van der Waals surface area contributed by atoms with Gasteiger partial charge in [0.15, 0.2) is 0 Å². The van der Waals surface area contributed by atoms with Crippen molar-refractivity contribution in [3.63, 3.8) is 0 Å². The quantitative estimate of drug-likeness (QED) is 0.319. The first kappa shape index (κ1) is 27.9. The van der Waals surface area contributed by atoms with Gasteiger partial charge >= 0.3 is 18.3 Å². The minimum Gasteiger partial charge on any atom is -0.462 e. The van der Waals surface area contributed by atoms with Gasteiger partial charge < -0.3 is 14.8 Å². The Hall–Kier alpha value is -3.09. The maximum absolute atomic E-state index is 13.2. The Balaban J connectivity index is 1.45. The third-order valence-electron chi connectivity index (χ3n) is 7.03. The van der Waals surface area contributed by atoms with Crippen LogP contribution in [0.15, 0.2) is 18.2 Å². The Morgan fingerprint density at radius 3 is 2.45 bits per heavy atom. The summed E-state index contributed by atoms with van der Waals surface area (Å²) in [6, 6.07) is 1.03. The molecule has 0 atom stereocenters. The van der Waals surface area contributed by atoms with E-state index in [1.807, 2.05) is 6.92 Å². The van der Waals surface area contributed by atoms with E-state index in [0.717, 1.165) is 18.5 Å². The van der Waals surface area contributed by atoms with Gasteiger partial charge in [0.2, 0.25) is 0 Å². The first-order valence-electron chi connectivity index (χ1n) is 12.2. The molecule has 1 N–H and O–H groups in total. The van der Waals surface area contributed by atoms with E-state index >= 15 is 0 Å². The molecule has 0 saturated carbocycles. The van der Waals surface area contributed by atoms with Crippen molar-refractivity contribution < 1.29 is 45.4 Å². The van der Waals surface area contributed by atoms with Crippen molar-refractivity contribution in [1.82, 2.24) is 15.1 Å². The number of esters is 1. The smallest absolute Gasteiger partial charge is 0.417 e. The van der Waals surface area contributed by atoms with Crippen molar-refractivity contribution in [3.8, 4) is 0 Å². The van der Waals surface area contributed by atoms with Crippen LogP contribution < -0.4 is 5.32 Å². The maximum Gasteiger partial charge on any atom is 0.417 e. The Morgan fingerprint density at radius 1 is 1.13 bits per heavy atom. The summed E-state index contributed by atoms with van der Waals surface area (Å²) in [6.45, 7) is 3.67. The maximum atomic E-state index is 13.2. The fraction of sp³-hybridized carbons (Fsp3) is 0.560. The first-order valence-corrected chi connectivity index (χ1v) is 12.2. The molecule has 13 heteroatoms. The number of aromatic nitrogens is 2. The second kappa shape index (κ2) is 10.6. The molecular formula is C25H27F6N3O4. The molecular weight excluding hydrogens is 520 g/mol. The van der Waals surface area contributed by atoms with Crippen molar-refractivity contribution in [2.24, 2.45) is 5.41 Å². The van der Waals surface area contributed by atoms with Crippen LogP contribution in [0, 0.1) is 5.41 Å². The van der Waals surface area contributed by atoms with Crippen LogP contribution in [0.1, 0.15) is 69.4 Å². The number of benzene rings is 1. The number of aryl methyl sites for hydroxylation is 2. The molecule has 2 aliphatic rings. The van der Waals surface area contributed by atoms with Crippen LogP contribution in [0.2, 0.25) is 0 Å². The summed E-state index contributed by atoms with van der Waals surface area (Å²) in [5.41, 5.74) is -2.66. The number of carbonyl (C=O) groups is 2. The molecule has 1 spiro atoms. The number of hydrogen-bond acceptors (Lipinski definition) is 5. The van der Waals surface area contributed by atoms with Crippen molar-refractivity contribution in [1.29, 1.82) is 0 Å². The van der Waals surface area contributed by atoms with Crippen molar-refractivity contribution in [3.05, 3.63) is 51.8 Å². The van der Waals surface area contributed by atoms with E-state index in [9.17, 15) is 35.9 Å². The molecule has 4 rings (SSSR count). The van der Waals surface area contributed by atoms with Gasteiger partial charge in [-0.25, -0.2) is 4.79 Å². The molecule has 208 valence electrons. The normalized spacial score (nSPS) is 17.6. The zero-order valence-corrected chi connectivity index (χ0v) is 20.6. The molecule has 1 fully saturated rings. The Morgan fingerprint density at radius 2 is 1.82 bits per heavy atom. The Bertz CT molecular complexity index is 1200. The number of amides is 1. The lowest BCUT2D eigenvalue weighted by Gasteiger charge is -2.36. The lowest BCUT2D eigenvalue weighted by molar-refractivity contribution is -0.162. The van der Waals surface area contributed by atoms with Crippen molar-refractivity contribution in [2.45, 2.75) is 57.9 Å². The number of ether oxygens (including phenoxy) is 2. The zero-order valence-electron chi connectivity index (χ0n) is 20.6. The molecule has 1 saturated heterocycles. The minimum atomic E-state index is -5.30. The standard InChI is InChI=1S/C25H27F6N3O4/c1-2-18-20-19(13-23(14-32-21(20)35)6-10-37-11-7-23)34(33-18)8-3-9-38-22(36)15-4-5-16(24(26,27)28)17(12-15)25(29,30)31/h4-5,12H,2-3,6-11,13-14H2,1H3,(H,32,35). The monoisotopic (exact) mass is 547 g/mol. The predicted octanol–water partition coefficient (Wildman–Crippen LogP) is 4.81. The molecule has 38 heavy (non-hydrogen) atoms. The van der Waals surface area contributed by atoms with E-state index in [1.54, 1.807) is 4.68 Å². The number of fused-ring (bicyclic) bond motifs is 1. The summed E-state index contributed by atoms with van der Waals surface area (Å²) < 4.78 is 90.7. The second-order valence-corrected chi connectivity index (χ2v) is 9.56. The fourth-order valence-corrected chi connectivity index (χ4v) is 4.97. The average Bonchev–Trinajstić information content (AvgIpc) is 3.14. The second-order valence-electron chi connectivity index (χ2n) is 9.56. The van der Waals surface area contributed by atoms with Gasteiger partial charge in [0.05, 0.1) is 40.2 Å². The van der Waals surface area contributed by atoms with Crippen LogP contribution in [-0.4, -0.2) is 48.0 Å². The molecule has 0 aliphatic carbocycles. The van der Waals surface area contributed by atoms with Gasteiger partial charge in [0.1, 0.15) is 0 Å². The van der Waals surface area contributed by atoms with E-state index in [0.29, 0.717) is 49.9 Å². The number of hydrogen-bond donors (Lipinski definition) is 1. The van der Waals surface area contributed by atoms with E-state index < -0.39 is 35.0 Å². The highest BCUT2D eigenvalue weighted by Crippen LogP contribution is 2.41. The topological polar surface area (TPSA) is 82.5 Å². The van der Waals surface area contributed by atoms with Gasteiger partial charge in [-0.3, -0.25) is 9.48 Å². The predicted molar refractivity (Wildman–Crippen MR) is 121 cm³/mol.